The van der Waals surface area contributed by atoms with Gasteiger partial charge in [-0.25, -0.2) is 8.42 Å². The summed E-state index contributed by atoms with van der Waals surface area (Å²) < 4.78 is 26.4. The van der Waals surface area contributed by atoms with Gasteiger partial charge in [0.25, 0.3) is 0 Å². The summed E-state index contributed by atoms with van der Waals surface area (Å²) in [6, 6.07) is 4.31. The molecule has 1 aliphatic rings. The number of hydrogen-bond donors (Lipinski definition) is 1. The topological polar surface area (TPSA) is 49.4 Å². The Bertz CT molecular complexity index is 548. The third-order valence-electron chi connectivity index (χ3n) is 2.94. The first-order valence-corrected chi connectivity index (χ1v) is 7.80. The van der Waals surface area contributed by atoms with Crippen LogP contribution in [0.3, 0.4) is 0 Å². The highest BCUT2D eigenvalue weighted by Gasteiger charge is 2.31. The average Bonchev–Trinajstić information content (AvgIpc) is 2.33. The molecule has 1 atom stereocenters. The van der Waals surface area contributed by atoms with E-state index in [1.807, 2.05) is 6.92 Å². The summed E-state index contributed by atoms with van der Waals surface area (Å²) in [4.78, 5) is 0.186. The van der Waals surface area contributed by atoms with Crippen LogP contribution in [-0.4, -0.2) is 38.4 Å². The van der Waals surface area contributed by atoms with Crippen LogP contribution in [0.5, 0.6) is 0 Å². The number of rotatable bonds is 2. The number of sulfonamides is 1. The zero-order chi connectivity index (χ0) is 13.3. The van der Waals surface area contributed by atoms with Crippen LogP contribution in [0.2, 0.25) is 10.0 Å². The summed E-state index contributed by atoms with van der Waals surface area (Å²) in [6.07, 6.45) is 0. The van der Waals surface area contributed by atoms with Crippen LogP contribution in [0.15, 0.2) is 23.1 Å². The van der Waals surface area contributed by atoms with Crippen molar-refractivity contribution in [1.29, 1.82) is 0 Å². The smallest absolute Gasteiger partial charge is 0.243 e. The molecule has 0 unspecified atom stereocenters. The van der Waals surface area contributed by atoms with Crippen LogP contribution >= 0.6 is 23.2 Å². The normalized spacial score (nSPS) is 22.1. The molecule has 1 N–H and O–H groups in total. The fourth-order valence-corrected chi connectivity index (χ4v) is 3.97. The molecule has 0 aromatic heterocycles. The Morgan fingerprint density at radius 3 is 2.67 bits per heavy atom. The Hall–Kier alpha value is -0.330. The molecule has 0 aliphatic carbocycles. The maximum Gasteiger partial charge on any atom is 0.243 e. The highest BCUT2D eigenvalue weighted by molar-refractivity contribution is 7.89. The standard InChI is InChI=1S/C11H14Cl2N2O2S/c1-8-7-14-4-5-15(8)18(16,17)9-2-3-10(12)11(13)6-9/h2-3,6,8,14H,4-5,7H2,1H3/t8-/m0/s1. The second-order valence-corrected chi connectivity index (χ2v) is 6.95. The number of benzene rings is 1. The van der Waals surface area contributed by atoms with Crippen molar-refractivity contribution in [3.8, 4) is 0 Å². The minimum atomic E-state index is -3.50. The third kappa shape index (κ3) is 2.65. The molecule has 1 aromatic carbocycles. The van der Waals surface area contributed by atoms with Crippen molar-refractivity contribution in [3.05, 3.63) is 28.2 Å². The van der Waals surface area contributed by atoms with E-state index in [-0.39, 0.29) is 16.0 Å². The van der Waals surface area contributed by atoms with Crippen molar-refractivity contribution >= 4 is 33.2 Å². The van der Waals surface area contributed by atoms with Gasteiger partial charge in [0.05, 0.1) is 14.9 Å². The fourth-order valence-electron chi connectivity index (χ4n) is 1.95. The van der Waals surface area contributed by atoms with Gasteiger partial charge in [-0.3, -0.25) is 0 Å². The van der Waals surface area contributed by atoms with E-state index >= 15 is 0 Å². The molecule has 1 aromatic rings. The molecule has 0 spiro atoms. The van der Waals surface area contributed by atoms with E-state index < -0.39 is 10.0 Å². The van der Waals surface area contributed by atoms with Crippen LogP contribution < -0.4 is 5.32 Å². The summed E-state index contributed by atoms with van der Waals surface area (Å²) in [7, 11) is -3.50. The second kappa shape index (κ2) is 5.35. The molecule has 1 saturated heterocycles. The average molecular weight is 309 g/mol. The van der Waals surface area contributed by atoms with E-state index in [1.165, 1.54) is 22.5 Å². The summed E-state index contributed by atoms with van der Waals surface area (Å²) in [5.74, 6) is 0. The molecule has 0 bridgehead atoms. The zero-order valence-corrected chi connectivity index (χ0v) is 12.2. The summed E-state index contributed by atoms with van der Waals surface area (Å²) in [5.41, 5.74) is 0. The first kappa shape index (κ1) is 14.1. The van der Waals surface area contributed by atoms with E-state index in [1.54, 1.807) is 0 Å². The van der Waals surface area contributed by atoms with Crippen molar-refractivity contribution in [1.82, 2.24) is 9.62 Å². The second-order valence-electron chi connectivity index (χ2n) is 4.24. The van der Waals surface area contributed by atoms with Gasteiger partial charge >= 0.3 is 0 Å². The lowest BCUT2D eigenvalue weighted by molar-refractivity contribution is 0.284. The van der Waals surface area contributed by atoms with Gasteiger partial charge in [-0.1, -0.05) is 23.2 Å². The lowest BCUT2D eigenvalue weighted by atomic mass is 10.3. The minimum Gasteiger partial charge on any atom is -0.314 e. The van der Waals surface area contributed by atoms with Gasteiger partial charge in [-0.05, 0) is 25.1 Å². The van der Waals surface area contributed by atoms with E-state index in [9.17, 15) is 8.42 Å². The molecule has 2 rings (SSSR count). The Morgan fingerprint density at radius 1 is 1.33 bits per heavy atom. The van der Waals surface area contributed by atoms with Crippen LogP contribution in [0, 0.1) is 0 Å². The first-order chi connectivity index (χ1) is 8.43. The summed E-state index contributed by atoms with van der Waals surface area (Å²) in [5, 5.41) is 3.76. The molecule has 0 saturated carbocycles. The van der Waals surface area contributed by atoms with Crippen molar-refractivity contribution in [2.75, 3.05) is 19.6 Å². The van der Waals surface area contributed by atoms with Gasteiger partial charge in [0, 0.05) is 25.7 Å². The summed E-state index contributed by atoms with van der Waals surface area (Å²) in [6.45, 7) is 3.65. The molecular weight excluding hydrogens is 295 g/mol. The lowest BCUT2D eigenvalue weighted by Gasteiger charge is -2.32. The Balaban J connectivity index is 2.37. The molecule has 1 aliphatic heterocycles. The van der Waals surface area contributed by atoms with Gasteiger partial charge in [0.2, 0.25) is 10.0 Å². The van der Waals surface area contributed by atoms with Gasteiger partial charge in [0.15, 0.2) is 0 Å². The van der Waals surface area contributed by atoms with Crippen molar-refractivity contribution in [2.45, 2.75) is 17.9 Å². The van der Waals surface area contributed by atoms with Gasteiger partial charge in [0.1, 0.15) is 0 Å². The molecular formula is C11H14Cl2N2O2S. The van der Waals surface area contributed by atoms with E-state index in [0.717, 1.165) is 0 Å². The molecule has 18 heavy (non-hydrogen) atoms. The molecule has 0 amide bonds. The molecule has 7 heteroatoms. The summed E-state index contributed by atoms with van der Waals surface area (Å²) >= 11 is 11.7. The van der Waals surface area contributed by atoms with Crippen molar-refractivity contribution < 1.29 is 8.42 Å². The van der Waals surface area contributed by atoms with Gasteiger partial charge in [-0.15, -0.1) is 0 Å². The Kier molecular flexibility index (Phi) is 4.18. The van der Waals surface area contributed by atoms with Gasteiger partial charge < -0.3 is 5.32 Å². The van der Waals surface area contributed by atoms with Crippen LogP contribution in [0.4, 0.5) is 0 Å². The predicted octanol–water partition coefficient (Wildman–Crippen LogP) is 1.98. The monoisotopic (exact) mass is 308 g/mol. The fraction of sp³-hybridized carbons (Fsp3) is 0.455. The van der Waals surface area contributed by atoms with Gasteiger partial charge in [-0.2, -0.15) is 4.31 Å². The number of nitrogens with zero attached hydrogens (tertiary/aromatic N) is 1. The molecule has 1 fully saturated rings. The first-order valence-electron chi connectivity index (χ1n) is 5.60. The predicted molar refractivity (Wildman–Crippen MR) is 72.7 cm³/mol. The minimum absolute atomic E-state index is 0.0711. The number of halogens is 2. The number of nitrogens with one attached hydrogen (secondary N) is 1. The highest BCUT2D eigenvalue weighted by atomic mass is 35.5. The lowest BCUT2D eigenvalue weighted by Crippen LogP contribution is -2.52. The van der Waals surface area contributed by atoms with Crippen molar-refractivity contribution in [3.63, 3.8) is 0 Å². The Labute approximate surface area is 117 Å². The maximum atomic E-state index is 12.5. The molecule has 0 radical (unpaired) electrons. The third-order valence-corrected chi connectivity index (χ3v) is 5.69. The van der Waals surface area contributed by atoms with Crippen LogP contribution in [-0.2, 0) is 10.0 Å². The molecule has 1 heterocycles. The van der Waals surface area contributed by atoms with E-state index in [2.05, 4.69) is 5.32 Å². The SMILES string of the molecule is C[C@H]1CNCCN1S(=O)(=O)c1ccc(Cl)c(Cl)c1. The van der Waals surface area contributed by atoms with E-state index in [4.69, 9.17) is 23.2 Å². The highest BCUT2D eigenvalue weighted by Crippen LogP contribution is 2.27. The van der Waals surface area contributed by atoms with E-state index in [0.29, 0.717) is 24.7 Å². The molecule has 4 nitrogen and oxygen atoms in total. The maximum absolute atomic E-state index is 12.5. The molecule has 100 valence electrons. The largest absolute Gasteiger partial charge is 0.314 e. The quantitative estimate of drug-likeness (QED) is 0.909. The van der Waals surface area contributed by atoms with Crippen LogP contribution in [0.25, 0.3) is 0 Å². The Morgan fingerprint density at radius 2 is 2.06 bits per heavy atom. The number of hydrogen-bond acceptors (Lipinski definition) is 3. The van der Waals surface area contributed by atoms with Crippen molar-refractivity contribution in [2.24, 2.45) is 0 Å². The van der Waals surface area contributed by atoms with Crippen LogP contribution in [0.1, 0.15) is 6.92 Å². The number of piperazine rings is 1. The zero-order valence-electron chi connectivity index (χ0n) is 9.86.